The SMILES string of the molecule is CCc1cc(Nc2nccn3c(-c4ccc(OC)c(F)c4F)cnc23)ccc1S(=O)(=O)N1CCN(C(=O)[C@@H]2CCN(C(=O)[C@@H]3C[C@@H](O)CN3)C2)CC1.Cl. The fourth-order valence-corrected chi connectivity index (χ4v) is 8.95. The fraction of sp³-hybridized carbons (Fsp3) is 0.429. The first-order valence-electron chi connectivity index (χ1n) is 17.2. The summed E-state index contributed by atoms with van der Waals surface area (Å²) in [6.45, 7) is 3.80. The minimum atomic E-state index is -3.89. The van der Waals surface area contributed by atoms with Gasteiger partial charge in [0, 0.05) is 69.5 Å². The number of carbonyl (C=O) groups excluding carboxylic acids is 2. The number of methoxy groups -OCH3 is 1. The average Bonchev–Trinajstić information content (AvgIpc) is 3.93. The van der Waals surface area contributed by atoms with Crippen molar-refractivity contribution in [2.75, 3.05) is 58.2 Å². The summed E-state index contributed by atoms with van der Waals surface area (Å²) in [7, 11) is -2.63. The Morgan fingerprint density at radius 2 is 1.81 bits per heavy atom. The Morgan fingerprint density at radius 1 is 1.04 bits per heavy atom. The molecule has 4 aromatic rings. The van der Waals surface area contributed by atoms with E-state index in [4.69, 9.17) is 4.74 Å². The van der Waals surface area contributed by atoms with Gasteiger partial charge >= 0.3 is 0 Å². The molecule has 3 N–H and O–H groups in total. The first-order valence-corrected chi connectivity index (χ1v) is 18.7. The third-order valence-electron chi connectivity index (χ3n) is 10.1. The van der Waals surface area contributed by atoms with Gasteiger partial charge < -0.3 is 30.3 Å². The highest BCUT2D eigenvalue weighted by molar-refractivity contribution is 7.89. The molecule has 3 atom stereocenters. The van der Waals surface area contributed by atoms with Crippen LogP contribution in [-0.2, 0) is 26.0 Å². The van der Waals surface area contributed by atoms with Crippen LogP contribution in [0.25, 0.3) is 16.9 Å². The molecule has 18 heteroatoms. The second-order valence-corrected chi connectivity index (χ2v) is 15.1. The zero-order valence-corrected chi connectivity index (χ0v) is 30.8. The van der Waals surface area contributed by atoms with Crippen molar-refractivity contribution in [2.24, 2.45) is 5.92 Å². The van der Waals surface area contributed by atoms with Crippen LogP contribution in [0, 0.1) is 17.6 Å². The first-order chi connectivity index (χ1) is 25.0. The van der Waals surface area contributed by atoms with Crippen molar-refractivity contribution < 1.29 is 36.6 Å². The van der Waals surface area contributed by atoms with E-state index in [0.717, 1.165) is 0 Å². The second kappa shape index (κ2) is 15.5. The number of hydrogen-bond acceptors (Lipinski definition) is 10. The molecular weight excluding hydrogens is 734 g/mol. The normalized spacial score (nSPS) is 20.8. The predicted molar refractivity (Wildman–Crippen MR) is 194 cm³/mol. The highest BCUT2D eigenvalue weighted by Crippen LogP contribution is 2.33. The van der Waals surface area contributed by atoms with Crippen molar-refractivity contribution >= 4 is 51.4 Å². The summed E-state index contributed by atoms with van der Waals surface area (Å²) in [6, 6.07) is 7.23. The third-order valence-corrected chi connectivity index (χ3v) is 12.1. The summed E-state index contributed by atoms with van der Waals surface area (Å²) in [5, 5.41) is 16.0. The van der Waals surface area contributed by atoms with Gasteiger partial charge in [0.15, 0.2) is 23.0 Å². The van der Waals surface area contributed by atoms with Gasteiger partial charge in [-0.1, -0.05) is 6.92 Å². The van der Waals surface area contributed by atoms with Crippen molar-refractivity contribution in [3.05, 3.63) is 66.1 Å². The summed E-state index contributed by atoms with van der Waals surface area (Å²) in [5.74, 6) is -2.58. The number of fused-ring (bicyclic) bond motifs is 1. The number of imidazole rings is 1. The molecule has 2 aromatic heterocycles. The molecule has 3 aliphatic rings. The molecule has 3 saturated heterocycles. The lowest BCUT2D eigenvalue weighted by Gasteiger charge is -2.35. The quantitative estimate of drug-likeness (QED) is 0.231. The number of rotatable bonds is 9. The van der Waals surface area contributed by atoms with Gasteiger partial charge in [-0.15, -0.1) is 12.4 Å². The Balaban J connectivity index is 0.00000481. The molecule has 3 aliphatic heterocycles. The van der Waals surface area contributed by atoms with E-state index in [-0.39, 0.29) is 72.5 Å². The van der Waals surface area contributed by atoms with Crippen molar-refractivity contribution in [1.29, 1.82) is 0 Å². The molecule has 14 nitrogen and oxygen atoms in total. The summed E-state index contributed by atoms with van der Waals surface area (Å²) < 4.78 is 65.0. The molecular formula is C35H41ClF2N8O6S. The van der Waals surface area contributed by atoms with Gasteiger partial charge in [-0.25, -0.2) is 22.8 Å². The summed E-state index contributed by atoms with van der Waals surface area (Å²) in [6.07, 6.45) is 5.27. The van der Waals surface area contributed by atoms with E-state index in [1.807, 2.05) is 6.92 Å². The van der Waals surface area contributed by atoms with Gasteiger partial charge in [-0.05, 0) is 55.2 Å². The number of likely N-dealkylation sites (tertiary alicyclic amines) is 1. The van der Waals surface area contributed by atoms with E-state index in [0.29, 0.717) is 67.3 Å². The third kappa shape index (κ3) is 7.27. The van der Waals surface area contributed by atoms with E-state index < -0.39 is 33.8 Å². The molecule has 0 aliphatic carbocycles. The van der Waals surface area contributed by atoms with Gasteiger partial charge in [-0.3, -0.25) is 14.0 Å². The van der Waals surface area contributed by atoms with Crippen molar-refractivity contribution in [3.63, 3.8) is 0 Å². The number of piperazine rings is 1. The zero-order valence-electron chi connectivity index (χ0n) is 29.2. The molecule has 284 valence electrons. The summed E-state index contributed by atoms with van der Waals surface area (Å²) in [5.41, 5.74) is 1.78. The largest absolute Gasteiger partial charge is 0.494 e. The minimum absolute atomic E-state index is 0. The highest BCUT2D eigenvalue weighted by atomic mass is 35.5. The number of nitrogens with one attached hydrogen (secondary N) is 2. The van der Waals surface area contributed by atoms with Crippen molar-refractivity contribution in [2.45, 2.75) is 43.2 Å². The highest BCUT2D eigenvalue weighted by Gasteiger charge is 2.39. The van der Waals surface area contributed by atoms with Crippen LogP contribution in [0.1, 0.15) is 25.3 Å². The molecule has 2 aromatic carbocycles. The number of nitrogens with zero attached hydrogens (tertiary/aromatic N) is 6. The number of carbonyl (C=O) groups is 2. The number of aliphatic hydroxyl groups is 1. The molecule has 0 saturated carbocycles. The lowest BCUT2D eigenvalue weighted by molar-refractivity contribution is -0.137. The molecule has 0 spiro atoms. The molecule has 0 radical (unpaired) electrons. The lowest BCUT2D eigenvalue weighted by atomic mass is 10.1. The minimum Gasteiger partial charge on any atom is -0.494 e. The van der Waals surface area contributed by atoms with E-state index in [9.17, 15) is 31.9 Å². The molecule has 2 amide bonds. The maximum absolute atomic E-state index is 14.9. The fourth-order valence-electron chi connectivity index (χ4n) is 7.25. The van der Waals surface area contributed by atoms with Gasteiger partial charge in [0.1, 0.15) is 0 Å². The number of aryl methyl sites for hydroxylation is 1. The topological polar surface area (TPSA) is 162 Å². The number of halogens is 3. The number of aliphatic hydroxyl groups excluding tert-OH is 1. The standard InChI is InChI=1S/C35H40F2N8O6S.ClH/c1-3-21-16-23(41-32-33-40-19-27(45(33)11-9-38-32)25-5-6-28(51-2)31(37)30(25)36)4-7-29(21)52(49,50)44-14-12-42(13-15-44)34(47)22-8-10-43(20-22)35(48)26-17-24(46)18-39-26;/h4-7,9,11,16,19,22,24,26,39,46H,3,8,10,12-15,17-18,20H2,1-2H3,(H,38,41);1H/t22-,24-,26+;/m1./s1. The van der Waals surface area contributed by atoms with Crippen LogP contribution < -0.4 is 15.4 Å². The Hall–Kier alpha value is -4.42. The van der Waals surface area contributed by atoms with Crippen LogP contribution in [0.2, 0.25) is 0 Å². The second-order valence-electron chi connectivity index (χ2n) is 13.2. The number of aromatic nitrogens is 3. The van der Waals surface area contributed by atoms with Gasteiger partial charge in [-0.2, -0.15) is 8.70 Å². The van der Waals surface area contributed by atoms with Crippen LogP contribution in [0.3, 0.4) is 0 Å². The maximum atomic E-state index is 14.9. The van der Waals surface area contributed by atoms with Crippen molar-refractivity contribution in [3.8, 4) is 17.0 Å². The van der Waals surface area contributed by atoms with Crippen LogP contribution >= 0.6 is 12.4 Å². The van der Waals surface area contributed by atoms with Crippen LogP contribution in [0.5, 0.6) is 5.75 Å². The van der Waals surface area contributed by atoms with Crippen LogP contribution in [0.4, 0.5) is 20.3 Å². The van der Waals surface area contributed by atoms with Gasteiger partial charge in [0.2, 0.25) is 27.7 Å². The monoisotopic (exact) mass is 774 g/mol. The molecule has 0 bridgehead atoms. The molecule has 53 heavy (non-hydrogen) atoms. The Bertz CT molecular complexity index is 2130. The molecule has 0 unspecified atom stereocenters. The zero-order chi connectivity index (χ0) is 36.7. The number of amides is 2. The Labute approximate surface area is 311 Å². The number of ether oxygens (including phenoxy) is 1. The van der Waals surface area contributed by atoms with Gasteiger partial charge in [0.05, 0.1) is 42.0 Å². The number of benzene rings is 2. The molecule has 5 heterocycles. The Kier molecular flexibility index (Phi) is 11.2. The lowest BCUT2D eigenvalue weighted by Crippen LogP contribution is -2.52. The predicted octanol–water partition coefficient (Wildman–Crippen LogP) is 2.82. The number of hydrogen-bond donors (Lipinski definition) is 3. The first kappa shape index (κ1) is 38.3. The average molecular weight is 775 g/mol. The summed E-state index contributed by atoms with van der Waals surface area (Å²) >= 11 is 0. The van der Waals surface area contributed by atoms with E-state index >= 15 is 0 Å². The maximum Gasteiger partial charge on any atom is 0.243 e. The van der Waals surface area contributed by atoms with E-state index in [1.165, 1.54) is 35.9 Å². The Morgan fingerprint density at radius 3 is 2.51 bits per heavy atom. The summed E-state index contributed by atoms with van der Waals surface area (Å²) in [4.78, 5) is 38.5. The van der Waals surface area contributed by atoms with Crippen LogP contribution in [0.15, 0.2) is 53.8 Å². The molecule has 3 fully saturated rings. The number of sulfonamides is 1. The molecule has 7 rings (SSSR count). The number of β-amino-alcohol motifs (C(OH)–C–C–N with tert-alkyl or cyclic N) is 1. The van der Waals surface area contributed by atoms with E-state index in [2.05, 4.69) is 20.6 Å². The van der Waals surface area contributed by atoms with Crippen LogP contribution in [-0.4, -0.2) is 119 Å². The smallest absolute Gasteiger partial charge is 0.243 e. The van der Waals surface area contributed by atoms with E-state index in [1.54, 1.807) is 38.6 Å². The van der Waals surface area contributed by atoms with Gasteiger partial charge in [0.25, 0.3) is 0 Å². The van der Waals surface area contributed by atoms with Crippen molar-refractivity contribution in [1.82, 2.24) is 33.8 Å². The number of anilines is 2.